The molecule has 6 heteroatoms. The maximum absolute atomic E-state index is 12.1. The minimum Gasteiger partial charge on any atom is -0.326 e. The van der Waals surface area contributed by atoms with Crippen molar-refractivity contribution in [3.63, 3.8) is 0 Å². The van der Waals surface area contributed by atoms with E-state index in [1.165, 1.54) is 0 Å². The molecular formula is C19H17N3O2S. The summed E-state index contributed by atoms with van der Waals surface area (Å²) in [7, 11) is 0. The Hall–Kier alpha value is -3.12. The third-order valence-corrected chi connectivity index (χ3v) is 4.23. The summed E-state index contributed by atoms with van der Waals surface area (Å²) in [5.41, 5.74) is 1.95. The lowest BCUT2D eigenvalue weighted by molar-refractivity contribution is -0.115. The topological polar surface area (TPSA) is 70.2 Å². The molecule has 0 aliphatic rings. The molecule has 0 bridgehead atoms. The quantitative estimate of drug-likeness (QED) is 0.630. The van der Waals surface area contributed by atoms with Gasteiger partial charge >= 0.3 is 6.03 Å². The van der Waals surface area contributed by atoms with Crippen molar-refractivity contribution in [1.82, 2.24) is 0 Å². The van der Waals surface area contributed by atoms with E-state index in [1.54, 1.807) is 47.7 Å². The number of para-hydroxylation sites is 1. The predicted octanol–water partition coefficient (Wildman–Crippen LogP) is 4.57. The molecule has 0 saturated carbocycles. The zero-order chi connectivity index (χ0) is 17.5. The molecule has 3 amide bonds. The summed E-state index contributed by atoms with van der Waals surface area (Å²) in [5, 5.41) is 10.3. The van der Waals surface area contributed by atoms with Gasteiger partial charge in [-0.15, -0.1) is 11.3 Å². The summed E-state index contributed by atoms with van der Waals surface area (Å²) in [6.45, 7) is 0. The van der Waals surface area contributed by atoms with E-state index in [4.69, 9.17) is 0 Å². The van der Waals surface area contributed by atoms with Crippen LogP contribution in [0.1, 0.15) is 4.88 Å². The lowest BCUT2D eigenvalue weighted by Crippen LogP contribution is -2.19. The summed E-state index contributed by atoms with van der Waals surface area (Å²) in [4.78, 5) is 25.1. The van der Waals surface area contributed by atoms with Gasteiger partial charge in [0.2, 0.25) is 5.91 Å². The van der Waals surface area contributed by atoms with Crippen molar-refractivity contribution >= 4 is 40.3 Å². The average molecular weight is 351 g/mol. The molecule has 1 aromatic heterocycles. The average Bonchev–Trinajstić information content (AvgIpc) is 3.08. The number of anilines is 3. The highest BCUT2D eigenvalue weighted by Crippen LogP contribution is 2.17. The smallest absolute Gasteiger partial charge is 0.323 e. The molecule has 0 atom stereocenters. The number of hydrogen-bond donors (Lipinski definition) is 3. The van der Waals surface area contributed by atoms with Crippen molar-refractivity contribution < 1.29 is 9.59 Å². The first-order valence-corrected chi connectivity index (χ1v) is 8.62. The van der Waals surface area contributed by atoms with Gasteiger partial charge in [0.1, 0.15) is 0 Å². The SMILES string of the molecule is O=C(Cc1cccs1)Nc1cccc(NC(=O)Nc2ccccc2)c1. The fraction of sp³-hybridized carbons (Fsp3) is 0.0526. The Morgan fingerprint density at radius 1 is 0.760 bits per heavy atom. The van der Waals surface area contributed by atoms with Gasteiger partial charge in [-0.05, 0) is 41.8 Å². The number of hydrogen-bond acceptors (Lipinski definition) is 3. The van der Waals surface area contributed by atoms with Crippen LogP contribution in [0.3, 0.4) is 0 Å². The predicted molar refractivity (Wildman–Crippen MR) is 102 cm³/mol. The van der Waals surface area contributed by atoms with Crippen LogP contribution in [0.4, 0.5) is 21.9 Å². The Balaban J connectivity index is 1.57. The number of benzene rings is 2. The molecule has 1 heterocycles. The first-order valence-electron chi connectivity index (χ1n) is 7.74. The standard InChI is InChI=1S/C19H17N3O2S/c23-18(13-17-10-5-11-25-17)20-15-8-4-9-16(12-15)22-19(24)21-14-6-2-1-3-7-14/h1-12H,13H2,(H,20,23)(H2,21,22,24). The monoisotopic (exact) mass is 351 g/mol. The van der Waals surface area contributed by atoms with E-state index in [1.807, 2.05) is 35.7 Å². The largest absolute Gasteiger partial charge is 0.326 e. The van der Waals surface area contributed by atoms with Crippen LogP contribution in [-0.2, 0) is 11.2 Å². The van der Waals surface area contributed by atoms with Crippen LogP contribution >= 0.6 is 11.3 Å². The molecule has 0 spiro atoms. The second-order valence-electron chi connectivity index (χ2n) is 5.33. The zero-order valence-corrected chi connectivity index (χ0v) is 14.2. The van der Waals surface area contributed by atoms with E-state index < -0.39 is 0 Å². The summed E-state index contributed by atoms with van der Waals surface area (Å²) < 4.78 is 0. The van der Waals surface area contributed by atoms with Crippen molar-refractivity contribution in [1.29, 1.82) is 0 Å². The fourth-order valence-electron chi connectivity index (χ4n) is 2.27. The number of carbonyl (C=O) groups is 2. The third kappa shape index (κ3) is 5.19. The van der Waals surface area contributed by atoms with Gasteiger partial charge in [-0.25, -0.2) is 4.79 Å². The summed E-state index contributed by atoms with van der Waals surface area (Å²) >= 11 is 1.55. The number of rotatable bonds is 5. The fourth-order valence-corrected chi connectivity index (χ4v) is 2.97. The normalized spacial score (nSPS) is 10.1. The Labute approximate surface area is 149 Å². The summed E-state index contributed by atoms with van der Waals surface area (Å²) in [5.74, 6) is -0.0895. The number of nitrogens with one attached hydrogen (secondary N) is 3. The second kappa shape index (κ2) is 8.12. The van der Waals surface area contributed by atoms with Crippen LogP contribution in [-0.4, -0.2) is 11.9 Å². The van der Waals surface area contributed by atoms with Crippen molar-refractivity contribution in [2.75, 3.05) is 16.0 Å². The van der Waals surface area contributed by atoms with Crippen LogP contribution in [0.15, 0.2) is 72.1 Å². The van der Waals surface area contributed by atoms with E-state index in [9.17, 15) is 9.59 Å². The molecule has 0 radical (unpaired) electrons. The molecule has 0 fully saturated rings. The lowest BCUT2D eigenvalue weighted by Gasteiger charge is -2.10. The van der Waals surface area contributed by atoms with Crippen molar-refractivity contribution in [2.45, 2.75) is 6.42 Å². The molecule has 3 aromatic rings. The Morgan fingerprint density at radius 2 is 1.44 bits per heavy atom. The van der Waals surface area contributed by atoms with Gasteiger partial charge < -0.3 is 16.0 Å². The van der Waals surface area contributed by atoms with E-state index in [2.05, 4.69) is 16.0 Å². The van der Waals surface area contributed by atoms with Crippen molar-refractivity contribution in [3.8, 4) is 0 Å². The van der Waals surface area contributed by atoms with Crippen LogP contribution in [0.25, 0.3) is 0 Å². The van der Waals surface area contributed by atoms with Gasteiger partial charge in [0.15, 0.2) is 0 Å². The van der Waals surface area contributed by atoms with E-state index in [-0.39, 0.29) is 11.9 Å². The van der Waals surface area contributed by atoms with E-state index in [0.717, 1.165) is 4.88 Å². The molecular weight excluding hydrogens is 334 g/mol. The maximum Gasteiger partial charge on any atom is 0.323 e. The molecule has 0 saturated heterocycles. The molecule has 5 nitrogen and oxygen atoms in total. The minimum absolute atomic E-state index is 0.0895. The van der Waals surface area contributed by atoms with Gasteiger partial charge in [0.05, 0.1) is 6.42 Å². The summed E-state index contributed by atoms with van der Waals surface area (Å²) in [6, 6.07) is 19.7. The number of carbonyl (C=O) groups excluding carboxylic acids is 2. The van der Waals surface area contributed by atoms with E-state index in [0.29, 0.717) is 23.5 Å². The molecule has 0 unspecified atom stereocenters. The zero-order valence-electron chi connectivity index (χ0n) is 13.4. The Morgan fingerprint density at radius 3 is 2.16 bits per heavy atom. The molecule has 0 aliphatic carbocycles. The Bertz CT molecular complexity index is 848. The third-order valence-electron chi connectivity index (χ3n) is 3.35. The Kier molecular flexibility index (Phi) is 5.43. The molecule has 126 valence electrons. The highest BCUT2D eigenvalue weighted by Gasteiger charge is 2.07. The molecule has 0 aliphatic heterocycles. The van der Waals surface area contributed by atoms with Gasteiger partial charge in [-0.1, -0.05) is 30.3 Å². The van der Waals surface area contributed by atoms with Gasteiger partial charge in [0.25, 0.3) is 0 Å². The minimum atomic E-state index is -0.340. The highest BCUT2D eigenvalue weighted by atomic mass is 32.1. The van der Waals surface area contributed by atoms with E-state index >= 15 is 0 Å². The lowest BCUT2D eigenvalue weighted by atomic mass is 10.2. The molecule has 3 rings (SSSR count). The number of urea groups is 1. The molecule has 2 aromatic carbocycles. The van der Waals surface area contributed by atoms with Gasteiger partial charge in [-0.2, -0.15) is 0 Å². The molecule has 3 N–H and O–H groups in total. The van der Waals surface area contributed by atoms with Gasteiger partial charge in [-0.3, -0.25) is 4.79 Å². The van der Waals surface area contributed by atoms with Crippen molar-refractivity contribution in [2.24, 2.45) is 0 Å². The first-order chi connectivity index (χ1) is 12.2. The van der Waals surface area contributed by atoms with Crippen LogP contribution in [0.2, 0.25) is 0 Å². The highest BCUT2D eigenvalue weighted by molar-refractivity contribution is 7.10. The van der Waals surface area contributed by atoms with Crippen LogP contribution in [0.5, 0.6) is 0 Å². The summed E-state index contributed by atoms with van der Waals surface area (Å²) in [6.07, 6.45) is 0.337. The maximum atomic E-state index is 12.1. The van der Waals surface area contributed by atoms with Crippen molar-refractivity contribution in [3.05, 3.63) is 77.0 Å². The van der Waals surface area contributed by atoms with Gasteiger partial charge in [0, 0.05) is 21.9 Å². The second-order valence-corrected chi connectivity index (χ2v) is 6.36. The first kappa shape index (κ1) is 16.7. The van der Waals surface area contributed by atoms with Crippen LogP contribution < -0.4 is 16.0 Å². The van der Waals surface area contributed by atoms with Crippen LogP contribution in [0, 0.1) is 0 Å². The molecule has 25 heavy (non-hydrogen) atoms. The number of amides is 3. The number of thiophene rings is 1.